The van der Waals surface area contributed by atoms with Crippen LogP contribution in [0.5, 0.6) is 0 Å². The summed E-state index contributed by atoms with van der Waals surface area (Å²) in [5.41, 5.74) is 3.95. The Morgan fingerprint density at radius 3 is 2.95 bits per heavy atom. The van der Waals surface area contributed by atoms with E-state index >= 15 is 0 Å². The van der Waals surface area contributed by atoms with Crippen LogP contribution in [0, 0.1) is 0 Å². The summed E-state index contributed by atoms with van der Waals surface area (Å²) in [4.78, 5) is 6.94. The molecule has 0 bridgehead atoms. The Bertz CT molecular complexity index is 618. The van der Waals surface area contributed by atoms with Crippen LogP contribution >= 0.6 is 0 Å². The second-order valence-corrected chi connectivity index (χ2v) is 5.90. The van der Waals surface area contributed by atoms with Crippen molar-refractivity contribution in [3.63, 3.8) is 0 Å². The average molecular weight is 285 g/mol. The SMILES string of the molecule is CC(C)N1CCc2cc(-c3nccn3CCCO)ccc21. The molecule has 3 rings (SSSR count). The van der Waals surface area contributed by atoms with Crippen molar-refractivity contribution in [3.05, 3.63) is 36.2 Å². The van der Waals surface area contributed by atoms with Gasteiger partial charge in [-0.15, -0.1) is 0 Å². The molecule has 21 heavy (non-hydrogen) atoms. The maximum atomic E-state index is 9.00. The van der Waals surface area contributed by atoms with Gasteiger partial charge in [0.15, 0.2) is 0 Å². The van der Waals surface area contributed by atoms with E-state index < -0.39 is 0 Å². The molecule has 0 aliphatic carbocycles. The van der Waals surface area contributed by atoms with Gasteiger partial charge in [-0.3, -0.25) is 0 Å². The van der Waals surface area contributed by atoms with Gasteiger partial charge in [0.25, 0.3) is 0 Å². The summed E-state index contributed by atoms with van der Waals surface area (Å²) >= 11 is 0. The van der Waals surface area contributed by atoms with E-state index in [4.69, 9.17) is 5.11 Å². The lowest BCUT2D eigenvalue weighted by Gasteiger charge is -2.24. The highest BCUT2D eigenvalue weighted by Crippen LogP contribution is 2.33. The lowest BCUT2D eigenvalue weighted by atomic mass is 10.1. The van der Waals surface area contributed by atoms with Gasteiger partial charge < -0.3 is 14.6 Å². The molecule has 4 heteroatoms. The molecular weight excluding hydrogens is 262 g/mol. The monoisotopic (exact) mass is 285 g/mol. The first-order valence-corrected chi connectivity index (χ1v) is 7.72. The lowest BCUT2D eigenvalue weighted by Crippen LogP contribution is -2.28. The number of rotatable bonds is 5. The topological polar surface area (TPSA) is 41.3 Å². The van der Waals surface area contributed by atoms with Gasteiger partial charge in [-0.1, -0.05) is 0 Å². The smallest absolute Gasteiger partial charge is 0.139 e. The molecule has 0 unspecified atom stereocenters. The molecular formula is C17H23N3O. The van der Waals surface area contributed by atoms with Crippen LogP contribution in [0.25, 0.3) is 11.4 Å². The van der Waals surface area contributed by atoms with Crippen LogP contribution in [-0.2, 0) is 13.0 Å². The largest absolute Gasteiger partial charge is 0.396 e. The highest BCUT2D eigenvalue weighted by molar-refractivity contribution is 5.67. The van der Waals surface area contributed by atoms with Crippen LogP contribution < -0.4 is 4.90 Å². The maximum absolute atomic E-state index is 9.00. The predicted molar refractivity (Wildman–Crippen MR) is 85.6 cm³/mol. The molecule has 0 fully saturated rings. The number of imidazole rings is 1. The molecule has 0 saturated carbocycles. The first kappa shape index (κ1) is 14.1. The minimum atomic E-state index is 0.213. The number of benzene rings is 1. The summed E-state index contributed by atoms with van der Waals surface area (Å²) in [6, 6.07) is 7.21. The zero-order chi connectivity index (χ0) is 14.8. The Morgan fingerprint density at radius 2 is 2.19 bits per heavy atom. The van der Waals surface area contributed by atoms with Gasteiger partial charge in [0, 0.05) is 49.4 Å². The minimum Gasteiger partial charge on any atom is -0.396 e. The van der Waals surface area contributed by atoms with E-state index in [2.05, 4.69) is 46.5 Å². The summed E-state index contributed by atoms with van der Waals surface area (Å²) in [5, 5.41) is 9.00. The van der Waals surface area contributed by atoms with Crippen LogP contribution in [0.1, 0.15) is 25.8 Å². The fourth-order valence-electron chi connectivity index (χ4n) is 3.09. The molecule has 0 saturated heterocycles. The average Bonchev–Trinajstić information content (AvgIpc) is 3.10. The Balaban J connectivity index is 1.90. The summed E-state index contributed by atoms with van der Waals surface area (Å²) in [6.07, 6.45) is 5.69. The highest BCUT2D eigenvalue weighted by atomic mass is 16.3. The number of aromatic nitrogens is 2. The summed E-state index contributed by atoms with van der Waals surface area (Å²) in [7, 11) is 0. The van der Waals surface area contributed by atoms with Crippen LogP contribution in [0.2, 0.25) is 0 Å². The Morgan fingerprint density at radius 1 is 1.33 bits per heavy atom. The third kappa shape index (κ3) is 2.68. The van der Waals surface area contributed by atoms with E-state index in [1.807, 2.05) is 12.4 Å². The number of anilines is 1. The third-order valence-corrected chi connectivity index (χ3v) is 4.17. The van der Waals surface area contributed by atoms with Gasteiger partial charge in [0.1, 0.15) is 5.82 Å². The zero-order valence-corrected chi connectivity index (χ0v) is 12.8. The molecule has 0 atom stereocenters. The number of hydrogen-bond donors (Lipinski definition) is 1. The molecule has 1 aliphatic rings. The molecule has 1 aromatic heterocycles. The van der Waals surface area contributed by atoms with E-state index in [1.165, 1.54) is 16.8 Å². The maximum Gasteiger partial charge on any atom is 0.139 e. The van der Waals surface area contributed by atoms with Crippen molar-refractivity contribution in [1.82, 2.24) is 9.55 Å². The van der Waals surface area contributed by atoms with Crippen LogP contribution in [0.15, 0.2) is 30.6 Å². The number of aliphatic hydroxyl groups excluding tert-OH is 1. The summed E-state index contributed by atoms with van der Waals surface area (Å²) in [5.74, 6) is 0.995. The highest BCUT2D eigenvalue weighted by Gasteiger charge is 2.21. The molecule has 0 amide bonds. The number of aliphatic hydroxyl groups is 1. The molecule has 2 heterocycles. The van der Waals surface area contributed by atoms with Crippen LogP contribution in [0.4, 0.5) is 5.69 Å². The normalized spacial score (nSPS) is 14.0. The van der Waals surface area contributed by atoms with Crippen molar-refractivity contribution in [3.8, 4) is 11.4 Å². The molecule has 4 nitrogen and oxygen atoms in total. The molecule has 1 N–H and O–H groups in total. The summed E-state index contributed by atoms with van der Waals surface area (Å²) in [6.45, 7) is 6.61. The van der Waals surface area contributed by atoms with Crippen molar-refractivity contribution >= 4 is 5.69 Å². The van der Waals surface area contributed by atoms with Crippen molar-refractivity contribution in [2.24, 2.45) is 0 Å². The van der Waals surface area contributed by atoms with E-state index in [0.717, 1.165) is 31.8 Å². The van der Waals surface area contributed by atoms with Crippen molar-refractivity contribution in [2.75, 3.05) is 18.1 Å². The predicted octanol–water partition coefficient (Wildman–Crippen LogP) is 2.70. The van der Waals surface area contributed by atoms with Crippen LogP contribution in [0.3, 0.4) is 0 Å². The first-order chi connectivity index (χ1) is 10.2. The number of fused-ring (bicyclic) bond motifs is 1. The van der Waals surface area contributed by atoms with Crippen molar-refractivity contribution in [2.45, 2.75) is 39.3 Å². The van der Waals surface area contributed by atoms with Gasteiger partial charge in [-0.2, -0.15) is 0 Å². The second-order valence-electron chi connectivity index (χ2n) is 5.90. The molecule has 0 spiro atoms. The van der Waals surface area contributed by atoms with E-state index in [1.54, 1.807) is 0 Å². The fourth-order valence-corrected chi connectivity index (χ4v) is 3.09. The lowest BCUT2D eigenvalue weighted by molar-refractivity contribution is 0.280. The molecule has 112 valence electrons. The van der Waals surface area contributed by atoms with Gasteiger partial charge in [-0.05, 0) is 50.5 Å². The third-order valence-electron chi connectivity index (χ3n) is 4.17. The van der Waals surface area contributed by atoms with Crippen molar-refractivity contribution < 1.29 is 5.11 Å². The standard InChI is InChI=1S/C17H23N3O/c1-13(2)20-9-6-14-12-15(4-5-16(14)20)17-18-7-10-19(17)8-3-11-21/h4-5,7,10,12-13,21H,3,6,8-9,11H2,1-2H3. The van der Waals surface area contributed by atoms with Gasteiger partial charge in [0.2, 0.25) is 0 Å². The molecule has 1 aliphatic heterocycles. The zero-order valence-electron chi connectivity index (χ0n) is 12.8. The second kappa shape index (κ2) is 5.90. The number of nitrogens with zero attached hydrogens (tertiary/aromatic N) is 3. The number of hydrogen-bond acceptors (Lipinski definition) is 3. The molecule has 2 aromatic rings. The minimum absolute atomic E-state index is 0.213. The van der Waals surface area contributed by atoms with Gasteiger partial charge >= 0.3 is 0 Å². The molecule has 1 aromatic carbocycles. The van der Waals surface area contributed by atoms with Gasteiger partial charge in [0.05, 0.1) is 0 Å². The van der Waals surface area contributed by atoms with E-state index in [9.17, 15) is 0 Å². The van der Waals surface area contributed by atoms with Gasteiger partial charge in [-0.25, -0.2) is 4.98 Å². The fraction of sp³-hybridized carbons (Fsp3) is 0.471. The summed E-state index contributed by atoms with van der Waals surface area (Å²) < 4.78 is 2.12. The van der Waals surface area contributed by atoms with Crippen molar-refractivity contribution in [1.29, 1.82) is 0 Å². The van der Waals surface area contributed by atoms with E-state index in [0.29, 0.717) is 6.04 Å². The Labute approximate surface area is 126 Å². The Kier molecular flexibility index (Phi) is 3.97. The van der Waals surface area contributed by atoms with E-state index in [-0.39, 0.29) is 6.61 Å². The quantitative estimate of drug-likeness (QED) is 0.918. The molecule has 0 radical (unpaired) electrons. The first-order valence-electron chi connectivity index (χ1n) is 7.72. The van der Waals surface area contributed by atoms with Crippen LogP contribution in [-0.4, -0.2) is 33.9 Å². The Hall–Kier alpha value is -1.81. The number of aryl methyl sites for hydroxylation is 1.